The van der Waals surface area contributed by atoms with Gasteiger partial charge in [-0.2, -0.15) is 4.31 Å². The monoisotopic (exact) mass is 396 g/mol. The number of methoxy groups -OCH3 is 2. The summed E-state index contributed by atoms with van der Waals surface area (Å²) in [6.45, 7) is 0.624. The predicted molar refractivity (Wildman–Crippen MR) is 98.6 cm³/mol. The molecule has 0 atom stereocenters. The predicted octanol–water partition coefficient (Wildman–Crippen LogP) is 1.87. The van der Waals surface area contributed by atoms with Crippen molar-refractivity contribution >= 4 is 27.3 Å². The number of hydrogen-bond acceptors (Lipinski definition) is 6. The van der Waals surface area contributed by atoms with Crippen LogP contribution in [-0.2, 0) is 23.0 Å². The molecule has 0 spiro atoms. The number of nitrogens with zero attached hydrogens (tertiary/aromatic N) is 1. The Morgan fingerprint density at radius 1 is 1.15 bits per heavy atom. The highest BCUT2D eigenvalue weighted by Crippen LogP contribution is 2.35. The zero-order chi connectivity index (χ0) is 18.9. The first-order chi connectivity index (χ1) is 12.4. The number of rotatable bonds is 5. The largest absolute Gasteiger partial charge is 0.493 e. The summed E-state index contributed by atoms with van der Waals surface area (Å²) in [6.07, 6.45) is 0.585. The van der Waals surface area contributed by atoms with Crippen molar-refractivity contribution in [3.63, 3.8) is 0 Å². The lowest BCUT2D eigenvalue weighted by molar-refractivity contribution is 0.0967. The van der Waals surface area contributed by atoms with Gasteiger partial charge in [0.2, 0.25) is 10.0 Å². The molecular formula is C17H20N2O5S2. The van der Waals surface area contributed by atoms with Gasteiger partial charge in [0, 0.05) is 25.5 Å². The molecule has 0 fully saturated rings. The quantitative estimate of drug-likeness (QED) is 0.834. The van der Waals surface area contributed by atoms with Gasteiger partial charge in [0.05, 0.1) is 24.0 Å². The second-order valence-electron chi connectivity index (χ2n) is 5.79. The molecule has 140 valence electrons. The summed E-state index contributed by atoms with van der Waals surface area (Å²) in [5.41, 5.74) is 1.93. The maximum atomic E-state index is 12.9. The number of sulfonamides is 1. The minimum atomic E-state index is -3.67. The van der Waals surface area contributed by atoms with Gasteiger partial charge < -0.3 is 14.8 Å². The first-order valence-electron chi connectivity index (χ1n) is 7.95. The van der Waals surface area contributed by atoms with E-state index in [-0.39, 0.29) is 17.3 Å². The molecule has 1 amide bonds. The van der Waals surface area contributed by atoms with Crippen LogP contribution in [0.2, 0.25) is 0 Å². The van der Waals surface area contributed by atoms with Gasteiger partial charge in [0.1, 0.15) is 0 Å². The normalized spacial score (nSPS) is 14.6. The van der Waals surface area contributed by atoms with E-state index in [1.807, 2.05) is 12.1 Å². The summed E-state index contributed by atoms with van der Waals surface area (Å²) in [5, 5.41) is 4.00. The Morgan fingerprint density at radius 2 is 1.81 bits per heavy atom. The lowest BCUT2D eigenvalue weighted by atomic mass is 10.0. The van der Waals surface area contributed by atoms with Gasteiger partial charge >= 0.3 is 0 Å². The summed E-state index contributed by atoms with van der Waals surface area (Å²) in [6, 6.07) is 5.13. The van der Waals surface area contributed by atoms with Crippen molar-refractivity contribution in [2.75, 3.05) is 27.8 Å². The standard InChI is InChI=1S/C17H20N2O5S2/c1-18-17(20)16-8-13(10-25-16)26(21,22)19-5-4-11-6-14(23-2)15(24-3)7-12(11)9-19/h6-8,10H,4-5,9H2,1-3H3,(H,18,20). The van der Waals surface area contributed by atoms with E-state index >= 15 is 0 Å². The van der Waals surface area contributed by atoms with Crippen LogP contribution >= 0.6 is 11.3 Å². The Balaban J connectivity index is 1.89. The van der Waals surface area contributed by atoms with Crippen molar-refractivity contribution in [1.29, 1.82) is 0 Å². The third kappa shape index (κ3) is 3.29. The summed E-state index contributed by atoms with van der Waals surface area (Å²) < 4.78 is 37.9. The molecule has 0 bridgehead atoms. The third-order valence-corrected chi connectivity index (χ3v) is 7.25. The number of amides is 1. The van der Waals surface area contributed by atoms with Crippen LogP contribution in [0.25, 0.3) is 0 Å². The SMILES string of the molecule is CNC(=O)c1cc(S(=O)(=O)N2CCc3cc(OC)c(OC)cc3C2)cs1. The molecule has 0 aliphatic carbocycles. The van der Waals surface area contributed by atoms with Crippen molar-refractivity contribution in [1.82, 2.24) is 9.62 Å². The van der Waals surface area contributed by atoms with Crippen LogP contribution in [0.5, 0.6) is 11.5 Å². The van der Waals surface area contributed by atoms with Crippen LogP contribution in [0, 0.1) is 0 Å². The molecule has 0 saturated carbocycles. The van der Waals surface area contributed by atoms with Gasteiger partial charge in [0.25, 0.3) is 5.91 Å². The number of thiophene rings is 1. The van der Waals surface area contributed by atoms with Crippen LogP contribution in [0.4, 0.5) is 0 Å². The fourth-order valence-electron chi connectivity index (χ4n) is 2.91. The van der Waals surface area contributed by atoms with E-state index in [9.17, 15) is 13.2 Å². The number of hydrogen-bond donors (Lipinski definition) is 1. The van der Waals surface area contributed by atoms with Crippen molar-refractivity contribution in [2.24, 2.45) is 0 Å². The molecule has 1 aliphatic rings. The highest BCUT2D eigenvalue weighted by Gasteiger charge is 2.30. The minimum Gasteiger partial charge on any atom is -0.493 e. The lowest BCUT2D eigenvalue weighted by Gasteiger charge is -2.28. The maximum Gasteiger partial charge on any atom is 0.261 e. The topological polar surface area (TPSA) is 84.9 Å². The second kappa shape index (κ2) is 7.26. The Labute approximate surface area is 156 Å². The Hall–Kier alpha value is -2.10. The van der Waals surface area contributed by atoms with Gasteiger partial charge in [-0.15, -0.1) is 11.3 Å². The Morgan fingerprint density at radius 3 is 2.42 bits per heavy atom. The summed E-state index contributed by atoms with van der Waals surface area (Å²) >= 11 is 1.12. The lowest BCUT2D eigenvalue weighted by Crippen LogP contribution is -2.35. The van der Waals surface area contributed by atoms with Crippen LogP contribution < -0.4 is 14.8 Å². The smallest absolute Gasteiger partial charge is 0.261 e. The van der Waals surface area contributed by atoms with E-state index < -0.39 is 10.0 Å². The molecule has 2 aromatic rings. The molecule has 2 heterocycles. The molecule has 1 N–H and O–H groups in total. The summed E-state index contributed by atoms with van der Waals surface area (Å²) in [7, 11) is 0.967. The van der Waals surface area contributed by atoms with E-state index in [1.54, 1.807) is 14.2 Å². The highest BCUT2D eigenvalue weighted by molar-refractivity contribution is 7.89. The van der Waals surface area contributed by atoms with Gasteiger partial charge in [-0.25, -0.2) is 8.42 Å². The van der Waals surface area contributed by atoms with Gasteiger partial charge in [0.15, 0.2) is 11.5 Å². The van der Waals surface area contributed by atoms with Crippen molar-refractivity contribution < 1.29 is 22.7 Å². The zero-order valence-electron chi connectivity index (χ0n) is 14.7. The number of benzene rings is 1. The molecule has 1 aromatic carbocycles. The average molecular weight is 396 g/mol. The molecular weight excluding hydrogens is 376 g/mol. The molecule has 1 aliphatic heterocycles. The fraction of sp³-hybridized carbons (Fsp3) is 0.353. The average Bonchev–Trinajstić information content (AvgIpc) is 3.16. The van der Waals surface area contributed by atoms with Crippen molar-refractivity contribution in [3.05, 3.63) is 39.6 Å². The van der Waals surface area contributed by atoms with E-state index in [1.165, 1.54) is 22.8 Å². The van der Waals surface area contributed by atoms with Gasteiger partial charge in [-0.05, 0) is 35.7 Å². The Kier molecular flexibility index (Phi) is 5.22. The molecule has 7 nitrogen and oxygen atoms in total. The van der Waals surface area contributed by atoms with Crippen molar-refractivity contribution in [2.45, 2.75) is 17.9 Å². The van der Waals surface area contributed by atoms with Crippen LogP contribution in [0.1, 0.15) is 20.8 Å². The van der Waals surface area contributed by atoms with Crippen LogP contribution in [-0.4, -0.2) is 46.4 Å². The van der Waals surface area contributed by atoms with Crippen LogP contribution in [0.3, 0.4) is 0 Å². The van der Waals surface area contributed by atoms with E-state index in [0.717, 1.165) is 22.5 Å². The first-order valence-corrected chi connectivity index (χ1v) is 10.3. The number of nitrogens with one attached hydrogen (secondary N) is 1. The highest BCUT2D eigenvalue weighted by atomic mass is 32.2. The van der Waals surface area contributed by atoms with Gasteiger partial charge in [-0.3, -0.25) is 4.79 Å². The Bertz CT molecular complexity index is 937. The molecule has 0 radical (unpaired) electrons. The van der Waals surface area contributed by atoms with E-state index in [0.29, 0.717) is 29.3 Å². The van der Waals surface area contributed by atoms with Crippen LogP contribution in [0.15, 0.2) is 28.5 Å². The summed E-state index contributed by atoms with van der Waals surface area (Å²) in [5.74, 6) is 0.913. The molecule has 3 rings (SSSR count). The zero-order valence-corrected chi connectivity index (χ0v) is 16.4. The fourth-order valence-corrected chi connectivity index (χ4v) is 5.53. The number of carbonyl (C=O) groups is 1. The summed E-state index contributed by atoms with van der Waals surface area (Å²) in [4.78, 5) is 12.2. The minimum absolute atomic E-state index is 0.144. The molecule has 0 saturated heterocycles. The first kappa shape index (κ1) is 18.7. The molecule has 9 heteroatoms. The van der Waals surface area contributed by atoms with Crippen molar-refractivity contribution in [3.8, 4) is 11.5 Å². The maximum absolute atomic E-state index is 12.9. The van der Waals surface area contributed by atoms with E-state index in [2.05, 4.69) is 5.32 Å². The molecule has 0 unspecified atom stereocenters. The number of fused-ring (bicyclic) bond motifs is 1. The second-order valence-corrected chi connectivity index (χ2v) is 8.64. The third-order valence-electron chi connectivity index (χ3n) is 4.35. The number of ether oxygens (including phenoxy) is 2. The van der Waals surface area contributed by atoms with Gasteiger partial charge in [-0.1, -0.05) is 0 Å². The van der Waals surface area contributed by atoms with E-state index in [4.69, 9.17) is 9.47 Å². The molecule has 26 heavy (non-hydrogen) atoms. The number of carbonyl (C=O) groups excluding carboxylic acids is 1. The molecule has 1 aromatic heterocycles.